The number of nitriles is 1. The maximum absolute atomic E-state index is 12.1. The molecule has 5 heteroatoms. The molecule has 0 aliphatic carbocycles. The molecule has 1 aliphatic rings. The average Bonchev–Trinajstić information content (AvgIpc) is 2.47. The third-order valence-electron chi connectivity index (χ3n) is 3.60. The lowest BCUT2D eigenvalue weighted by atomic mass is 9.94. The zero-order valence-corrected chi connectivity index (χ0v) is 14.5. The van der Waals surface area contributed by atoms with E-state index < -0.39 is 5.60 Å². The topological polar surface area (TPSA) is 53.3 Å². The Kier molecular flexibility index (Phi) is 5.33. The van der Waals surface area contributed by atoms with Crippen LogP contribution in [-0.2, 0) is 4.74 Å². The van der Waals surface area contributed by atoms with Gasteiger partial charge in [0.05, 0.1) is 11.6 Å². The normalized spacial score (nSPS) is 15.1. The number of nitrogens with zero attached hydrogens (tertiary/aromatic N) is 2. The Hall–Kier alpha value is -1.99. The molecule has 0 bridgehead atoms. The Morgan fingerprint density at radius 2 is 1.96 bits per heavy atom. The first-order valence-corrected chi connectivity index (χ1v) is 8.04. The second-order valence-corrected chi connectivity index (χ2v) is 7.00. The lowest BCUT2D eigenvalue weighted by molar-refractivity contribution is 0.0236. The molecule has 4 nitrogen and oxygen atoms in total. The van der Waals surface area contributed by atoms with Gasteiger partial charge in [0.15, 0.2) is 0 Å². The number of ether oxygens (including phenoxy) is 1. The summed E-state index contributed by atoms with van der Waals surface area (Å²) in [6, 6.07) is 9.60. The Balaban J connectivity index is 2.10. The van der Waals surface area contributed by atoms with Gasteiger partial charge in [0.1, 0.15) is 5.60 Å². The van der Waals surface area contributed by atoms with Gasteiger partial charge in [-0.25, -0.2) is 4.79 Å². The maximum atomic E-state index is 12.1. The van der Waals surface area contributed by atoms with Crippen LogP contribution in [0.1, 0.15) is 39.2 Å². The molecule has 23 heavy (non-hydrogen) atoms. The summed E-state index contributed by atoms with van der Waals surface area (Å²) in [5.41, 5.74) is 2.07. The maximum Gasteiger partial charge on any atom is 0.410 e. The van der Waals surface area contributed by atoms with Gasteiger partial charge in [-0.1, -0.05) is 23.7 Å². The fourth-order valence-corrected chi connectivity index (χ4v) is 2.72. The molecular weight excluding hydrogens is 312 g/mol. The van der Waals surface area contributed by atoms with E-state index >= 15 is 0 Å². The average molecular weight is 333 g/mol. The van der Waals surface area contributed by atoms with Crippen LogP contribution in [0.3, 0.4) is 0 Å². The first-order chi connectivity index (χ1) is 10.8. The first-order valence-electron chi connectivity index (χ1n) is 7.66. The van der Waals surface area contributed by atoms with E-state index in [1.54, 1.807) is 17.0 Å². The zero-order chi connectivity index (χ0) is 17.0. The number of piperidine rings is 1. The van der Waals surface area contributed by atoms with Gasteiger partial charge in [0, 0.05) is 18.1 Å². The van der Waals surface area contributed by atoms with E-state index in [0.717, 1.165) is 11.1 Å². The second-order valence-electron chi connectivity index (χ2n) is 6.57. The summed E-state index contributed by atoms with van der Waals surface area (Å²) in [5, 5.41) is 10.1. The predicted octanol–water partition coefficient (Wildman–Crippen LogP) is 4.65. The number of hydrogen-bond acceptors (Lipinski definition) is 3. The smallest absolute Gasteiger partial charge is 0.410 e. The van der Waals surface area contributed by atoms with Gasteiger partial charge in [-0.3, -0.25) is 0 Å². The standard InChI is InChI=1S/C18H21ClN2O2/c1-18(2,3)23-17(22)21-9-7-13(8-10-21)16(12-20)14-5-4-6-15(19)11-14/h4-6,11H,7-10H2,1-3H3. The minimum atomic E-state index is -0.494. The number of allylic oxidation sites excluding steroid dienone is 1. The van der Waals surface area contributed by atoms with Gasteiger partial charge in [-0.15, -0.1) is 0 Å². The summed E-state index contributed by atoms with van der Waals surface area (Å²) in [7, 11) is 0. The van der Waals surface area contributed by atoms with Crippen LogP contribution in [0, 0.1) is 11.3 Å². The van der Waals surface area contributed by atoms with Crippen LogP contribution in [0.5, 0.6) is 0 Å². The quantitative estimate of drug-likeness (QED) is 0.703. The van der Waals surface area contributed by atoms with Crippen molar-refractivity contribution in [2.24, 2.45) is 0 Å². The van der Waals surface area contributed by atoms with Crippen LogP contribution in [0.4, 0.5) is 4.79 Å². The summed E-state index contributed by atoms with van der Waals surface area (Å²) in [6.45, 7) is 6.69. The highest BCUT2D eigenvalue weighted by atomic mass is 35.5. The zero-order valence-electron chi connectivity index (χ0n) is 13.7. The lowest BCUT2D eigenvalue weighted by Gasteiger charge is -2.31. The SMILES string of the molecule is CC(C)(C)OC(=O)N1CCC(=C(C#N)c2cccc(Cl)c2)CC1. The molecule has 0 saturated carbocycles. The van der Waals surface area contributed by atoms with Gasteiger partial charge in [0.25, 0.3) is 0 Å². The molecule has 0 spiro atoms. The summed E-state index contributed by atoms with van der Waals surface area (Å²) >= 11 is 6.01. The van der Waals surface area contributed by atoms with E-state index in [1.807, 2.05) is 32.9 Å². The summed E-state index contributed by atoms with van der Waals surface area (Å²) in [5.74, 6) is 0. The molecule has 1 aromatic rings. The van der Waals surface area contributed by atoms with Crippen molar-refractivity contribution in [2.75, 3.05) is 13.1 Å². The Morgan fingerprint density at radius 3 is 2.48 bits per heavy atom. The van der Waals surface area contributed by atoms with E-state index in [0.29, 0.717) is 36.5 Å². The Bertz CT molecular complexity index is 658. The molecule has 1 aromatic carbocycles. The molecule has 1 amide bonds. The minimum absolute atomic E-state index is 0.294. The number of likely N-dealkylation sites (tertiary alicyclic amines) is 1. The van der Waals surface area contributed by atoms with E-state index in [9.17, 15) is 10.1 Å². The number of rotatable bonds is 1. The molecule has 2 rings (SSSR count). The van der Waals surface area contributed by atoms with Gasteiger partial charge in [0.2, 0.25) is 0 Å². The van der Waals surface area contributed by atoms with Crippen LogP contribution in [0.2, 0.25) is 5.02 Å². The van der Waals surface area contributed by atoms with Crippen molar-refractivity contribution in [2.45, 2.75) is 39.2 Å². The molecule has 0 unspecified atom stereocenters. The number of halogens is 1. The van der Waals surface area contributed by atoms with Crippen molar-refractivity contribution >= 4 is 23.3 Å². The number of carbonyl (C=O) groups excluding carboxylic acids is 1. The van der Waals surface area contributed by atoms with Crippen molar-refractivity contribution in [3.05, 3.63) is 40.4 Å². The number of carbonyl (C=O) groups is 1. The van der Waals surface area contributed by atoms with Crippen LogP contribution >= 0.6 is 11.6 Å². The third kappa shape index (κ3) is 4.74. The van der Waals surface area contributed by atoms with Gasteiger partial charge >= 0.3 is 6.09 Å². The highest BCUT2D eigenvalue weighted by Crippen LogP contribution is 2.28. The van der Waals surface area contributed by atoms with Gasteiger partial charge in [-0.2, -0.15) is 5.26 Å². The van der Waals surface area contributed by atoms with E-state index in [2.05, 4.69) is 6.07 Å². The van der Waals surface area contributed by atoms with Gasteiger partial charge < -0.3 is 9.64 Å². The second kappa shape index (κ2) is 7.06. The van der Waals surface area contributed by atoms with E-state index in [4.69, 9.17) is 16.3 Å². The van der Waals surface area contributed by atoms with Crippen LogP contribution in [-0.4, -0.2) is 29.7 Å². The highest BCUT2D eigenvalue weighted by molar-refractivity contribution is 6.30. The fraction of sp³-hybridized carbons (Fsp3) is 0.444. The van der Waals surface area contributed by atoms with Crippen LogP contribution < -0.4 is 0 Å². The van der Waals surface area contributed by atoms with Crippen molar-refractivity contribution in [3.8, 4) is 6.07 Å². The summed E-state index contributed by atoms with van der Waals surface area (Å²) < 4.78 is 5.39. The van der Waals surface area contributed by atoms with E-state index in [1.165, 1.54) is 0 Å². The van der Waals surface area contributed by atoms with Crippen LogP contribution in [0.15, 0.2) is 29.8 Å². The van der Waals surface area contributed by atoms with Crippen molar-refractivity contribution in [3.63, 3.8) is 0 Å². The Morgan fingerprint density at radius 1 is 1.30 bits per heavy atom. The molecule has 0 radical (unpaired) electrons. The molecule has 0 N–H and O–H groups in total. The molecule has 0 atom stereocenters. The van der Waals surface area contributed by atoms with Crippen molar-refractivity contribution in [1.82, 2.24) is 4.90 Å². The monoisotopic (exact) mass is 332 g/mol. The van der Waals surface area contributed by atoms with E-state index in [-0.39, 0.29) is 6.09 Å². The van der Waals surface area contributed by atoms with Crippen molar-refractivity contribution < 1.29 is 9.53 Å². The largest absolute Gasteiger partial charge is 0.444 e. The Labute approximate surface area is 142 Å². The van der Waals surface area contributed by atoms with Crippen molar-refractivity contribution in [1.29, 1.82) is 5.26 Å². The summed E-state index contributed by atoms with van der Waals surface area (Å²) in [4.78, 5) is 13.8. The highest BCUT2D eigenvalue weighted by Gasteiger charge is 2.25. The molecule has 122 valence electrons. The lowest BCUT2D eigenvalue weighted by Crippen LogP contribution is -2.40. The molecule has 0 aromatic heterocycles. The first kappa shape index (κ1) is 17.4. The fourth-order valence-electron chi connectivity index (χ4n) is 2.53. The molecular formula is C18H21ClN2O2. The number of benzene rings is 1. The molecule has 1 aliphatic heterocycles. The summed E-state index contributed by atoms with van der Waals surface area (Å²) in [6.07, 6.45) is 1.06. The minimum Gasteiger partial charge on any atom is -0.444 e. The number of hydrogen-bond donors (Lipinski definition) is 0. The van der Waals surface area contributed by atoms with Gasteiger partial charge in [-0.05, 0) is 56.9 Å². The van der Waals surface area contributed by atoms with Crippen LogP contribution in [0.25, 0.3) is 5.57 Å². The third-order valence-corrected chi connectivity index (χ3v) is 3.83. The molecule has 1 fully saturated rings. The molecule has 1 heterocycles. The predicted molar refractivity (Wildman–Crippen MR) is 91.0 cm³/mol. The number of amides is 1. The molecule has 1 saturated heterocycles.